The van der Waals surface area contributed by atoms with Crippen LogP contribution in [-0.4, -0.2) is 11.7 Å². The number of rotatable bonds is 5. The summed E-state index contributed by atoms with van der Waals surface area (Å²) < 4.78 is 0.994. The van der Waals surface area contributed by atoms with Crippen molar-refractivity contribution in [2.24, 2.45) is 0 Å². The Labute approximate surface area is 143 Å². The van der Waals surface area contributed by atoms with Crippen molar-refractivity contribution in [2.45, 2.75) is 6.92 Å². The van der Waals surface area contributed by atoms with Crippen LogP contribution in [0.5, 0.6) is 0 Å². The summed E-state index contributed by atoms with van der Waals surface area (Å²) in [6, 6.07) is 14.4. The number of nitrogens with one attached hydrogen (secondary N) is 1. The van der Waals surface area contributed by atoms with Gasteiger partial charge in [-0.05, 0) is 55.0 Å². The molecule has 2 rings (SSSR count). The van der Waals surface area contributed by atoms with Crippen molar-refractivity contribution in [1.82, 2.24) is 0 Å². The number of halogens is 1. The fourth-order valence-electron chi connectivity index (χ4n) is 1.80. The SMILES string of the molecule is C=C(C)C(=O)Nc1ccc(C(=O)/C=C/c2ccc(Br)cc2)cc1. The molecule has 0 saturated heterocycles. The topological polar surface area (TPSA) is 46.2 Å². The van der Waals surface area contributed by atoms with E-state index in [4.69, 9.17) is 0 Å². The number of anilines is 1. The van der Waals surface area contributed by atoms with E-state index in [0.717, 1.165) is 10.0 Å². The van der Waals surface area contributed by atoms with Crippen LogP contribution in [0, 0.1) is 0 Å². The van der Waals surface area contributed by atoms with Gasteiger partial charge >= 0.3 is 0 Å². The normalized spacial score (nSPS) is 10.5. The molecule has 116 valence electrons. The van der Waals surface area contributed by atoms with Gasteiger partial charge in [0.15, 0.2) is 5.78 Å². The van der Waals surface area contributed by atoms with Crippen LogP contribution in [-0.2, 0) is 4.79 Å². The first-order valence-corrected chi connectivity index (χ1v) is 7.80. The summed E-state index contributed by atoms with van der Waals surface area (Å²) in [5.41, 5.74) is 2.58. The maximum atomic E-state index is 12.1. The third-order valence-electron chi connectivity index (χ3n) is 3.11. The fourth-order valence-corrected chi connectivity index (χ4v) is 2.06. The second-order valence-corrected chi connectivity index (χ2v) is 5.98. The molecule has 0 bridgehead atoms. The molecule has 3 nitrogen and oxygen atoms in total. The zero-order valence-corrected chi connectivity index (χ0v) is 14.3. The van der Waals surface area contributed by atoms with E-state index in [1.807, 2.05) is 24.3 Å². The lowest BCUT2D eigenvalue weighted by atomic mass is 10.1. The average molecular weight is 370 g/mol. The summed E-state index contributed by atoms with van der Waals surface area (Å²) in [6.45, 7) is 5.22. The van der Waals surface area contributed by atoms with Gasteiger partial charge in [-0.15, -0.1) is 0 Å². The molecule has 4 heteroatoms. The minimum atomic E-state index is -0.237. The number of allylic oxidation sites excluding steroid dienone is 1. The Bertz CT molecular complexity index is 759. The van der Waals surface area contributed by atoms with Gasteiger partial charge in [0.25, 0.3) is 5.91 Å². The Kier molecular flexibility index (Phi) is 5.66. The lowest BCUT2D eigenvalue weighted by molar-refractivity contribution is -0.112. The van der Waals surface area contributed by atoms with Gasteiger partial charge in [-0.2, -0.15) is 0 Å². The van der Waals surface area contributed by atoms with Crippen molar-refractivity contribution >= 4 is 39.4 Å². The van der Waals surface area contributed by atoms with Gasteiger partial charge in [-0.1, -0.05) is 40.7 Å². The van der Waals surface area contributed by atoms with Gasteiger partial charge in [0.2, 0.25) is 0 Å². The van der Waals surface area contributed by atoms with E-state index < -0.39 is 0 Å². The zero-order chi connectivity index (χ0) is 16.8. The summed E-state index contributed by atoms with van der Waals surface area (Å²) >= 11 is 3.37. The van der Waals surface area contributed by atoms with E-state index in [1.165, 1.54) is 6.08 Å². The minimum Gasteiger partial charge on any atom is -0.322 e. The quantitative estimate of drug-likeness (QED) is 0.604. The highest BCUT2D eigenvalue weighted by Gasteiger charge is 2.05. The number of hydrogen-bond donors (Lipinski definition) is 1. The molecule has 0 saturated carbocycles. The minimum absolute atomic E-state index is 0.0919. The van der Waals surface area contributed by atoms with Gasteiger partial charge in [0.1, 0.15) is 0 Å². The van der Waals surface area contributed by atoms with Crippen LogP contribution in [0.3, 0.4) is 0 Å². The van der Waals surface area contributed by atoms with Crippen molar-refractivity contribution in [3.8, 4) is 0 Å². The highest BCUT2D eigenvalue weighted by Crippen LogP contribution is 2.14. The fraction of sp³-hybridized carbons (Fsp3) is 0.0526. The maximum Gasteiger partial charge on any atom is 0.250 e. The van der Waals surface area contributed by atoms with Gasteiger partial charge in [-0.3, -0.25) is 9.59 Å². The molecule has 0 spiro atoms. The van der Waals surface area contributed by atoms with E-state index in [9.17, 15) is 9.59 Å². The summed E-state index contributed by atoms with van der Waals surface area (Å²) in [4.78, 5) is 23.7. The van der Waals surface area contributed by atoms with Crippen molar-refractivity contribution in [3.05, 3.63) is 82.4 Å². The molecule has 0 radical (unpaired) electrons. The molecule has 0 aliphatic carbocycles. The van der Waals surface area contributed by atoms with Crippen molar-refractivity contribution < 1.29 is 9.59 Å². The molecule has 0 fully saturated rings. The molecular formula is C19H16BrNO2. The maximum absolute atomic E-state index is 12.1. The summed E-state index contributed by atoms with van der Waals surface area (Å²) in [6.07, 6.45) is 3.30. The van der Waals surface area contributed by atoms with E-state index in [2.05, 4.69) is 27.8 Å². The smallest absolute Gasteiger partial charge is 0.250 e. The Morgan fingerprint density at radius 3 is 2.22 bits per heavy atom. The van der Waals surface area contributed by atoms with E-state index in [-0.39, 0.29) is 11.7 Å². The monoisotopic (exact) mass is 369 g/mol. The molecule has 2 aromatic rings. The predicted molar refractivity (Wildman–Crippen MR) is 97.4 cm³/mol. The van der Waals surface area contributed by atoms with Crippen molar-refractivity contribution in [1.29, 1.82) is 0 Å². The first-order valence-electron chi connectivity index (χ1n) is 7.00. The molecule has 0 unspecified atom stereocenters. The van der Waals surface area contributed by atoms with Gasteiger partial charge in [0.05, 0.1) is 0 Å². The van der Waals surface area contributed by atoms with E-state index in [1.54, 1.807) is 37.3 Å². The standard InChI is InChI=1S/C19H16BrNO2/c1-13(2)19(23)21-17-10-6-15(7-11-17)18(22)12-5-14-3-8-16(20)9-4-14/h3-12H,1H2,2H3,(H,21,23)/b12-5+. The molecular weight excluding hydrogens is 354 g/mol. The van der Waals surface area contributed by atoms with Crippen molar-refractivity contribution in [2.75, 3.05) is 5.32 Å². The lowest BCUT2D eigenvalue weighted by Crippen LogP contribution is -2.11. The number of hydrogen-bond acceptors (Lipinski definition) is 2. The largest absolute Gasteiger partial charge is 0.322 e. The summed E-state index contributed by atoms with van der Waals surface area (Å²) in [5.74, 6) is -0.329. The van der Waals surface area contributed by atoms with Gasteiger partial charge in [-0.25, -0.2) is 0 Å². The molecule has 0 aromatic heterocycles. The lowest BCUT2D eigenvalue weighted by Gasteiger charge is -2.05. The first-order chi connectivity index (χ1) is 11.0. The van der Waals surface area contributed by atoms with Gasteiger partial charge < -0.3 is 5.32 Å². The van der Waals surface area contributed by atoms with E-state index >= 15 is 0 Å². The van der Waals surface area contributed by atoms with Crippen LogP contribution in [0.15, 0.2) is 71.2 Å². The molecule has 0 aliphatic rings. The Morgan fingerprint density at radius 1 is 1.04 bits per heavy atom. The van der Waals surface area contributed by atoms with Crippen LogP contribution < -0.4 is 5.32 Å². The second kappa shape index (κ2) is 7.70. The van der Waals surface area contributed by atoms with E-state index in [0.29, 0.717) is 16.8 Å². The highest BCUT2D eigenvalue weighted by molar-refractivity contribution is 9.10. The van der Waals surface area contributed by atoms with Crippen molar-refractivity contribution in [3.63, 3.8) is 0 Å². The molecule has 0 atom stereocenters. The number of carbonyl (C=O) groups excluding carboxylic acids is 2. The van der Waals surface area contributed by atoms with Crippen LogP contribution in [0.25, 0.3) is 6.08 Å². The molecule has 0 aliphatic heterocycles. The molecule has 1 N–H and O–H groups in total. The Morgan fingerprint density at radius 2 is 1.65 bits per heavy atom. The third kappa shape index (κ3) is 5.04. The predicted octanol–water partition coefficient (Wildman–Crippen LogP) is 4.86. The molecule has 2 aromatic carbocycles. The third-order valence-corrected chi connectivity index (χ3v) is 3.64. The number of benzene rings is 2. The molecule has 0 heterocycles. The van der Waals surface area contributed by atoms with Gasteiger partial charge in [0, 0.05) is 21.3 Å². The average Bonchev–Trinajstić information content (AvgIpc) is 2.54. The van der Waals surface area contributed by atoms with Crippen LogP contribution >= 0.6 is 15.9 Å². The molecule has 1 amide bonds. The second-order valence-electron chi connectivity index (χ2n) is 5.06. The Balaban J connectivity index is 2.04. The summed E-state index contributed by atoms with van der Waals surface area (Å²) in [7, 11) is 0. The van der Waals surface area contributed by atoms with Crippen LogP contribution in [0.2, 0.25) is 0 Å². The number of amides is 1. The molecule has 23 heavy (non-hydrogen) atoms. The van der Waals surface area contributed by atoms with Crippen LogP contribution in [0.4, 0.5) is 5.69 Å². The first kappa shape index (κ1) is 16.9. The highest BCUT2D eigenvalue weighted by atomic mass is 79.9. The zero-order valence-electron chi connectivity index (χ0n) is 12.7. The van der Waals surface area contributed by atoms with Crippen LogP contribution in [0.1, 0.15) is 22.8 Å². The number of carbonyl (C=O) groups is 2. The summed E-state index contributed by atoms with van der Waals surface area (Å²) in [5, 5.41) is 2.70. The number of ketones is 1. The Hall–Kier alpha value is -2.46.